The van der Waals surface area contributed by atoms with E-state index in [1.807, 2.05) is 30.3 Å². The Labute approximate surface area is 178 Å². The topological polar surface area (TPSA) is 68.5 Å². The van der Waals surface area contributed by atoms with E-state index in [9.17, 15) is 9.18 Å². The first-order valence-corrected chi connectivity index (χ1v) is 10.1. The number of likely N-dealkylation sites (tertiary alicyclic amines) is 1. The highest BCUT2D eigenvalue weighted by Gasteiger charge is 2.29. The van der Waals surface area contributed by atoms with Crippen LogP contribution in [0, 0.1) is 5.82 Å². The maximum atomic E-state index is 13.2. The number of benzene rings is 2. The molecule has 1 aliphatic rings. The normalized spacial score (nSPS) is 16.0. The highest BCUT2D eigenvalue weighted by Crippen LogP contribution is 2.28. The molecule has 0 saturated carbocycles. The molecular formula is C24H20FN3O3. The van der Waals surface area contributed by atoms with Gasteiger partial charge in [-0.2, -0.15) is 0 Å². The highest BCUT2D eigenvalue weighted by atomic mass is 19.1. The first-order chi connectivity index (χ1) is 15.2. The molecule has 0 N–H and O–H groups in total. The van der Waals surface area contributed by atoms with E-state index in [2.05, 4.69) is 10.1 Å². The smallest absolute Gasteiger partial charge is 0.276 e. The zero-order valence-electron chi connectivity index (χ0n) is 16.7. The van der Waals surface area contributed by atoms with E-state index in [0.717, 1.165) is 22.9 Å². The molecular weight excluding hydrogens is 397 g/mol. The van der Waals surface area contributed by atoms with E-state index in [-0.39, 0.29) is 29.9 Å². The first kappa shape index (κ1) is 19.2. The number of amides is 1. The monoisotopic (exact) mass is 417 g/mol. The summed E-state index contributed by atoms with van der Waals surface area (Å²) in [5.41, 5.74) is 2.06. The largest absolute Gasteiger partial charge is 0.483 e. The second-order valence-electron chi connectivity index (χ2n) is 7.59. The molecule has 2 aromatic carbocycles. The molecule has 1 atom stereocenters. The summed E-state index contributed by atoms with van der Waals surface area (Å²) >= 11 is 0. The van der Waals surface area contributed by atoms with Gasteiger partial charge in [0.25, 0.3) is 5.91 Å². The number of rotatable bonds is 5. The fourth-order valence-electron chi connectivity index (χ4n) is 3.94. The van der Waals surface area contributed by atoms with Gasteiger partial charge in [0.2, 0.25) is 0 Å². The quantitative estimate of drug-likeness (QED) is 0.476. The van der Waals surface area contributed by atoms with Gasteiger partial charge in [0.15, 0.2) is 11.5 Å². The fourth-order valence-corrected chi connectivity index (χ4v) is 3.94. The van der Waals surface area contributed by atoms with Crippen molar-refractivity contribution in [1.29, 1.82) is 0 Å². The standard InChI is InChI=1S/C24H20FN3O3/c25-19-8-6-16(7-9-19)18-10-12-28(14-18)24(29)21-13-20(31-27-21)15-30-22-5-1-3-17-4-2-11-26-23(17)22/h1-9,11,13,18H,10,12,14-15H2/t18-/m1/s1. The van der Waals surface area contributed by atoms with Crippen molar-refractivity contribution in [3.05, 3.63) is 89.7 Å². The van der Waals surface area contributed by atoms with Crippen LogP contribution in [0.5, 0.6) is 5.75 Å². The summed E-state index contributed by atoms with van der Waals surface area (Å²) in [7, 11) is 0. The minimum absolute atomic E-state index is 0.147. The minimum atomic E-state index is -0.258. The average Bonchev–Trinajstić information content (AvgIpc) is 3.48. The van der Waals surface area contributed by atoms with Crippen molar-refractivity contribution in [2.75, 3.05) is 13.1 Å². The predicted molar refractivity (Wildman–Crippen MR) is 112 cm³/mol. The first-order valence-electron chi connectivity index (χ1n) is 10.1. The van der Waals surface area contributed by atoms with Crippen LogP contribution in [0.15, 0.2) is 71.4 Å². The Bertz CT molecular complexity index is 1220. The number of fused-ring (bicyclic) bond motifs is 1. The highest BCUT2D eigenvalue weighted by molar-refractivity contribution is 5.92. The van der Waals surface area contributed by atoms with Crippen LogP contribution in [0.2, 0.25) is 0 Å². The van der Waals surface area contributed by atoms with Crippen LogP contribution in [0.4, 0.5) is 4.39 Å². The Morgan fingerprint density at radius 1 is 1.16 bits per heavy atom. The van der Waals surface area contributed by atoms with Gasteiger partial charge in [-0.05, 0) is 36.2 Å². The number of para-hydroxylation sites is 1. The van der Waals surface area contributed by atoms with Gasteiger partial charge in [-0.1, -0.05) is 35.5 Å². The Morgan fingerprint density at radius 3 is 2.87 bits per heavy atom. The van der Waals surface area contributed by atoms with Gasteiger partial charge in [-0.15, -0.1) is 0 Å². The lowest BCUT2D eigenvalue weighted by molar-refractivity contribution is 0.0780. The summed E-state index contributed by atoms with van der Waals surface area (Å²) in [5.74, 6) is 0.866. The number of hydrogen-bond acceptors (Lipinski definition) is 5. The maximum Gasteiger partial charge on any atom is 0.276 e. The molecule has 0 radical (unpaired) electrons. The number of hydrogen-bond donors (Lipinski definition) is 0. The van der Waals surface area contributed by atoms with Gasteiger partial charge in [-0.25, -0.2) is 4.39 Å². The molecule has 0 aliphatic carbocycles. The van der Waals surface area contributed by atoms with Gasteiger partial charge in [0.1, 0.15) is 23.7 Å². The van der Waals surface area contributed by atoms with Crippen LogP contribution in [0.3, 0.4) is 0 Å². The molecule has 1 amide bonds. The summed E-state index contributed by atoms with van der Waals surface area (Å²) in [5, 5.41) is 4.92. The minimum Gasteiger partial charge on any atom is -0.483 e. The van der Waals surface area contributed by atoms with Crippen molar-refractivity contribution in [3.8, 4) is 5.75 Å². The summed E-state index contributed by atoms with van der Waals surface area (Å²) in [6.07, 6.45) is 2.55. The van der Waals surface area contributed by atoms with Gasteiger partial charge < -0.3 is 14.2 Å². The third-order valence-corrected chi connectivity index (χ3v) is 5.56. The molecule has 1 fully saturated rings. The molecule has 0 bridgehead atoms. The van der Waals surface area contributed by atoms with Crippen LogP contribution < -0.4 is 4.74 Å². The lowest BCUT2D eigenvalue weighted by Gasteiger charge is -2.15. The van der Waals surface area contributed by atoms with Crippen molar-refractivity contribution in [2.24, 2.45) is 0 Å². The van der Waals surface area contributed by atoms with Crippen molar-refractivity contribution < 1.29 is 18.4 Å². The number of carbonyl (C=O) groups excluding carboxylic acids is 1. The van der Waals surface area contributed by atoms with Crippen molar-refractivity contribution in [1.82, 2.24) is 15.0 Å². The zero-order chi connectivity index (χ0) is 21.2. The lowest BCUT2D eigenvalue weighted by Crippen LogP contribution is -2.28. The van der Waals surface area contributed by atoms with E-state index in [4.69, 9.17) is 9.26 Å². The number of halogens is 1. The van der Waals surface area contributed by atoms with E-state index >= 15 is 0 Å². The van der Waals surface area contributed by atoms with Crippen LogP contribution in [-0.2, 0) is 6.61 Å². The number of carbonyl (C=O) groups is 1. The Balaban J connectivity index is 1.23. The molecule has 4 aromatic rings. The van der Waals surface area contributed by atoms with E-state index in [0.29, 0.717) is 24.6 Å². The fraction of sp³-hybridized carbons (Fsp3) is 0.208. The van der Waals surface area contributed by atoms with Crippen LogP contribution >= 0.6 is 0 Å². The van der Waals surface area contributed by atoms with Gasteiger partial charge in [0, 0.05) is 36.7 Å². The van der Waals surface area contributed by atoms with E-state index < -0.39 is 0 Å². The second-order valence-corrected chi connectivity index (χ2v) is 7.59. The molecule has 31 heavy (non-hydrogen) atoms. The van der Waals surface area contributed by atoms with Crippen molar-refractivity contribution in [3.63, 3.8) is 0 Å². The third-order valence-electron chi connectivity index (χ3n) is 5.56. The molecule has 3 heterocycles. The summed E-state index contributed by atoms with van der Waals surface area (Å²) in [4.78, 5) is 19.0. The molecule has 1 saturated heterocycles. The molecule has 156 valence electrons. The molecule has 2 aromatic heterocycles. The average molecular weight is 417 g/mol. The van der Waals surface area contributed by atoms with Crippen LogP contribution in [0.1, 0.15) is 34.2 Å². The summed E-state index contributed by atoms with van der Waals surface area (Å²) in [6, 6.07) is 17.6. The zero-order valence-corrected chi connectivity index (χ0v) is 16.7. The third kappa shape index (κ3) is 3.99. The maximum absolute atomic E-state index is 13.2. The molecule has 0 spiro atoms. The molecule has 5 rings (SSSR count). The van der Waals surface area contributed by atoms with Crippen molar-refractivity contribution >= 4 is 16.8 Å². The van der Waals surface area contributed by atoms with Gasteiger partial charge in [0.05, 0.1) is 0 Å². The molecule has 1 aliphatic heterocycles. The SMILES string of the molecule is O=C(c1cc(COc2cccc3cccnc23)on1)N1CC[C@@H](c2ccc(F)cc2)C1. The molecule has 0 unspecified atom stereocenters. The Kier molecular flexibility index (Phi) is 5.08. The molecule has 7 heteroatoms. The predicted octanol–water partition coefficient (Wildman–Crippen LogP) is 4.57. The van der Waals surface area contributed by atoms with Crippen LogP contribution in [-0.4, -0.2) is 34.0 Å². The number of nitrogens with zero attached hydrogens (tertiary/aromatic N) is 3. The van der Waals surface area contributed by atoms with E-state index in [1.54, 1.807) is 29.3 Å². The van der Waals surface area contributed by atoms with Gasteiger partial charge >= 0.3 is 0 Å². The number of aromatic nitrogens is 2. The number of pyridine rings is 1. The van der Waals surface area contributed by atoms with Crippen LogP contribution in [0.25, 0.3) is 10.9 Å². The summed E-state index contributed by atoms with van der Waals surface area (Å²) < 4.78 is 24.3. The summed E-state index contributed by atoms with van der Waals surface area (Å²) in [6.45, 7) is 1.35. The lowest BCUT2D eigenvalue weighted by atomic mass is 9.99. The Morgan fingerprint density at radius 2 is 2.00 bits per heavy atom. The second kappa shape index (κ2) is 8.18. The number of ether oxygens (including phenoxy) is 1. The molecule has 6 nitrogen and oxygen atoms in total. The Hall–Kier alpha value is -3.74. The van der Waals surface area contributed by atoms with E-state index in [1.165, 1.54) is 12.1 Å². The van der Waals surface area contributed by atoms with Gasteiger partial charge in [-0.3, -0.25) is 9.78 Å². The van der Waals surface area contributed by atoms with Crippen molar-refractivity contribution in [2.45, 2.75) is 18.9 Å².